The summed E-state index contributed by atoms with van der Waals surface area (Å²) in [6.45, 7) is 3.74. The minimum atomic E-state index is -3.63. The molecule has 0 atom stereocenters. The van der Waals surface area contributed by atoms with Gasteiger partial charge in [0.2, 0.25) is 9.84 Å². The van der Waals surface area contributed by atoms with Crippen LogP contribution in [0, 0.1) is 13.8 Å². The summed E-state index contributed by atoms with van der Waals surface area (Å²) in [6.07, 6.45) is 1.72. The first kappa shape index (κ1) is 15.7. The molecule has 0 saturated carbocycles. The largest absolute Gasteiger partial charge is 0.256 e. The van der Waals surface area contributed by atoms with Crippen LogP contribution in [-0.4, -0.2) is 18.4 Å². The predicted octanol–water partition coefficient (Wildman–Crippen LogP) is 4.23. The fraction of sp³-hybridized carbons (Fsp3) is 0.100. The first-order valence-corrected chi connectivity index (χ1v) is 9.42. The van der Waals surface area contributed by atoms with Crippen LogP contribution in [0.15, 0.2) is 70.6 Å². The molecule has 2 aromatic carbocycles. The zero-order chi connectivity index (χ0) is 17.6. The number of sulfone groups is 1. The van der Waals surface area contributed by atoms with Crippen LogP contribution < -0.4 is 0 Å². The Labute approximate surface area is 146 Å². The Morgan fingerprint density at radius 1 is 0.880 bits per heavy atom. The summed E-state index contributed by atoms with van der Waals surface area (Å²) in [7, 11) is -3.63. The second kappa shape index (κ2) is 5.63. The van der Waals surface area contributed by atoms with Crippen molar-refractivity contribution >= 4 is 31.6 Å². The van der Waals surface area contributed by atoms with Crippen LogP contribution in [0.2, 0.25) is 0 Å². The van der Waals surface area contributed by atoms with Gasteiger partial charge < -0.3 is 0 Å². The van der Waals surface area contributed by atoms with Gasteiger partial charge in [-0.1, -0.05) is 17.7 Å². The standard InChI is InChI=1S/C20H16N2O2S/c1-13-5-7-15(8-6-13)25(23,24)19-12-14(2)22-20-16-4-3-11-21-18(16)10-9-17(19)20/h3-12H,1-2H3. The predicted molar refractivity (Wildman–Crippen MR) is 98.4 cm³/mol. The zero-order valence-electron chi connectivity index (χ0n) is 13.9. The minimum Gasteiger partial charge on any atom is -0.256 e. The third kappa shape index (κ3) is 2.57. The van der Waals surface area contributed by atoms with E-state index in [2.05, 4.69) is 9.97 Å². The van der Waals surface area contributed by atoms with Crippen LogP contribution in [0.5, 0.6) is 0 Å². The molecule has 0 unspecified atom stereocenters. The van der Waals surface area contributed by atoms with E-state index in [1.165, 1.54) is 0 Å². The summed E-state index contributed by atoms with van der Waals surface area (Å²) < 4.78 is 26.4. The van der Waals surface area contributed by atoms with Gasteiger partial charge >= 0.3 is 0 Å². The van der Waals surface area contributed by atoms with Gasteiger partial charge in [-0.05, 0) is 56.3 Å². The maximum Gasteiger partial charge on any atom is 0.207 e. The summed E-state index contributed by atoms with van der Waals surface area (Å²) in [5, 5.41) is 1.47. The topological polar surface area (TPSA) is 59.9 Å². The van der Waals surface area contributed by atoms with Crippen molar-refractivity contribution in [1.29, 1.82) is 0 Å². The summed E-state index contributed by atoms with van der Waals surface area (Å²) in [5.74, 6) is 0. The molecule has 0 aliphatic carbocycles. The van der Waals surface area contributed by atoms with E-state index in [-0.39, 0.29) is 9.79 Å². The normalized spacial score (nSPS) is 11.9. The molecule has 0 saturated heterocycles. The Kier molecular flexibility index (Phi) is 3.54. The van der Waals surface area contributed by atoms with E-state index < -0.39 is 9.84 Å². The molecule has 5 heteroatoms. The van der Waals surface area contributed by atoms with Crippen molar-refractivity contribution in [3.05, 3.63) is 72.1 Å². The van der Waals surface area contributed by atoms with E-state index in [0.29, 0.717) is 16.6 Å². The van der Waals surface area contributed by atoms with E-state index in [1.54, 1.807) is 30.5 Å². The molecule has 0 amide bonds. The third-order valence-electron chi connectivity index (χ3n) is 4.27. The van der Waals surface area contributed by atoms with Gasteiger partial charge in [-0.3, -0.25) is 9.97 Å². The highest BCUT2D eigenvalue weighted by atomic mass is 32.2. The maximum absolute atomic E-state index is 13.2. The van der Waals surface area contributed by atoms with Gasteiger partial charge in [0.25, 0.3) is 0 Å². The highest BCUT2D eigenvalue weighted by Gasteiger charge is 2.22. The van der Waals surface area contributed by atoms with Crippen LogP contribution in [0.4, 0.5) is 0 Å². The number of nitrogens with zero attached hydrogens (tertiary/aromatic N) is 2. The van der Waals surface area contributed by atoms with Crippen LogP contribution >= 0.6 is 0 Å². The number of fused-ring (bicyclic) bond motifs is 3. The second-order valence-corrected chi connectivity index (χ2v) is 8.03. The number of hydrogen-bond donors (Lipinski definition) is 0. The molecule has 0 N–H and O–H groups in total. The van der Waals surface area contributed by atoms with Crippen LogP contribution in [0.3, 0.4) is 0 Å². The third-order valence-corrected chi connectivity index (χ3v) is 6.08. The molecule has 0 aliphatic rings. The van der Waals surface area contributed by atoms with Crippen molar-refractivity contribution < 1.29 is 8.42 Å². The Balaban J connectivity index is 2.08. The molecule has 25 heavy (non-hydrogen) atoms. The maximum atomic E-state index is 13.2. The number of aryl methyl sites for hydroxylation is 2. The SMILES string of the molecule is Cc1ccc(S(=O)(=O)c2cc(C)nc3c2ccc2ncccc23)cc1. The lowest BCUT2D eigenvalue weighted by Gasteiger charge is -2.11. The smallest absolute Gasteiger partial charge is 0.207 e. The van der Waals surface area contributed by atoms with Crippen molar-refractivity contribution in [3.8, 4) is 0 Å². The quantitative estimate of drug-likeness (QED) is 0.509. The van der Waals surface area contributed by atoms with Gasteiger partial charge in [-0.25, -0.2) is 8.42 Å². The van der Waals surface area contributed by atoms with Crippen LogP contribution in [-0.2, 0) is 9.84 Å². The number of aromatic nitrogens is 2. The number of benzene rings is 2. The number of pyridine rings is 2. The summed E-state index contributed by atoms with van der Waals surface area (Å²) in [6, 6.07) is 15.9. The zero-order valence-corrected chi connectivity index (χ0v) is 14.7. The average molecular weight is 348 g/mol. The highest BCUT2D eigenvalue weighted by Crippen LogP contribution is 2.31. The molecule has 0 aliphatic heterocycles. The van der Waals surface area contributed by atoms with E-state index in [4.69, 9.17) is 0 Å². The Morgan fingerprint density at radius 2 is 1.64 bits per heavy atom. The van der Waals surface area contributed by atoms with Crippen molar-refractivity contribution in [3.63, 3.8) is 0 Å². The Bertz CT molecular complexity index is 1210. The van der Waals surface area contributed by atoms with Crippen molar-refractivity contribution in [2.75, 3.05) is 0 Å². The molecule has 0 spiro atoms. The molecule has 4 nitrogen and oxygen atoms in total. The molecule has 0 radical (unpaired) electrons. The molecular weight excluding hydrogens is 332 g/mol. The van der Waals surface area contributed by atoms with Gasteiger partial charge in [-0.15, -0.1) is 0 Å². The first-order chi connectivity index (χ1) is 12.0. The molecule has 4 rings (SSSR count). The van der Waals surface area contributed by atoms with Crippen molar-refractivity contribution in [2.45, 2.75) is 23.6 Å². The number of rotatable bonds is 2. The van der Waals surface area contributed by atoms with E-state index in [0.717, 1.165) is 16.5 Å². The van der Waals surface area contributed by atoms with Crippen LogP contribution in [0.1, 0.15) is 11.3 Å². The van der Waals surface area contributed by atoms with Gasteiger partial charge in [0, 0.05) is 22.7 Å². The lowest BCUT2D eigenvalue weighted by molar-refractivity contribution is 0.596. The van der Waals surface area contributed by atoms with Gasteiger partial charge in [0.1, 0.15) is 0 Å². The van der Waals surface area contributed by atoms with Crippen LogP contribution in [0.25, 0.3) is 21.8 Å². The Morgan fingerprint density at radius 3 is 2.40 bits per heavy atom. The van der Waals surface area contributed by atoms with Gasteiger partial charge in [-0.2, -0.15) is 0 Å². The second-order valence-electron chi connectivity index (χ2n) is 6.11. The van der Waals surface area contributed by atoms with E-state index in [1.807, 2.05) is 44.2 Å². The monoisotopic (exact) mass is 348 g/mol. The lowest BCUT2D eigenvalue weighted by Crippen LogP contribution is -2.04. The molecular formula is C20H16N2O2S. The summed E-state index contributed by atoms with van der Waals surface area (Å²) in [5.41, 5.74) is 3.14. The lowest BCUT2D eigenvalue weighted by atomic mass is 10.1. The fourth-order valence-corrected chi connectivity index (χ4v) is 4.53. The summed E-state index contributed by atoms with van der Waals surface area (Å²) >= 11 is 0. The molecule has 124 valence electrons. The average Bonchev–Trinajstić information content (AvgIpc) is 2.61. The van der Waals surface area contributed by atoms with E-state index in [9.17, 15) is 8.42 Å². The molecule has 2 heterocycles. The highest BCUT2D eigenvalue weighted by molar-refractivity contribution is 7.91. The van der Waals surface area contributed by atoms with Crippen molar-refractivity contribution in [2.24, 2.45) is 0 Å². The van der Waals surface area contributed by atoms with Gasteiger partial charge in [0.05, 0.1) is 20.8 Å². The van der Waals surface area contributed by atoms with Crippen molar-refractivity contribution in [1.82, 2.24) is 9.97 Å². The van der Waals surface area contributed by atoms with Gasteiger partial charge in [0.15, 0.2) is 0 Å². The molecule has 0 fully saturated rings. The molecule has 4 aromatic rings. The Hall–Kier alpha value is -2.79. The molecule has 2 aromatic heterocycles. The summed E-state index contributed by atoms with van der Waals surface area (Å²) in [4.78, 5) is 9.48. The van der Waals surface area contributed by atoms with E-state index >= 15 is 0 Å². The first-order valence-electron chi connectivity index (χ1n) is 7.94. The minimum absolute atomic E-state index is 0.282. The molecule has 0 bridgehead atoms. The number of hydrogen-bond acceptors (Lipinski definition) is 4. The fourth-order valence-electron chi connectivity index (χ4n) is 3.00.